The lowest BCUT2D eigenvalue weighted by atomic mass is 10.0. The minimum absolute atomic E-state index is 1.10. The third kappa shape index (κ3) is 5.09. The summed E-state index contributed by atoms with van der Waals surface area (Å²) in [6.07, 6.45) is 12.1. The maximum atomic E-state index is 3.35. The number of nitrogens with one attached hydrogen (secondary N) is 1. The smallest absolute Gasteiger partial charge is 0.0137 e. The lowest BCUT2D eigenvalue weighted by molar-refractivity contribution is 0.608. The second kappa shape index (κ2) is 7.14. The molecular weight excluding hydrogens is 158 g/mol. The molecule has 0 amide bonds. The molecule has 1 aliphatic heterocycles. The summed E-state index contributed by atoms with van der Waals surface area (Å²) in [6, 6.07) is 0. The summed E-state index contributed by atoms with van der Waals surface area (Å²) in [5.74, 6) is 0. The van der Waals surface area contributed by atoms with Crippen LogP contribution in [0.5, 0.6) is 0 Å². The van der Waals surface area contributed by atoms with Gasteiger partial charge in [-0.3, -0.25) is 0 Å². The minimum atomic E-state index is 1.10. The van der Waals surface area contributed by atoms with E-state index in [0.29, 0.717) is 0 Å². The van der Waals surface area contributed by atoms with Crippen LogP contribution < -0.4 is 5.32 Å². The van der Waals surface area contributed by atoms with Crippen molar-refractivity contribution in [2.45, 2.75) is 51.9 Å². The topological polar surface area (TPSA) is 12.0 Å². The normalized spacial score (nSPS) is 17.2. The number of rotatable bonds is 6. The molecular formula is C12H23N. The summed E-state index contributed by atoms with van der Waals surface area (Å²) in [5, 5.41) is 3.35. The van der Waals surface area contributed by atoms with Crippen molar-refractivity contribution in [2.75, 3.05) is 13.1 Å². The van der Waals surface area contributed by atoms with Crippen molar-refractivity contribution in [1.82, 2.24) is 5.32 Å². The Morgan fingerprint density at radius 3 is 2.77 bits per heavy atom. The first kappa shape index (κ1) is 10.8. The highest BCUT2D eigenvalue weighted by molar-refractivity contribution is 5.06. The second-order valence-electron chi connectivity index (χ2n) is 3.98. The first-order valence-electron chi connectivity index (χ1n) is 5.82. The largest absolute Gasteiger partial charge is 0.313 e. The molecule has 0 saturated heterocycles. The van der Waals surface area contributed by atoms with Crippen LogP contribution in [-0.2, 0) is 0 Å². The van der Waals surface area contributed by atoms with Gasteiger partial charge in [0.2, 0.25) is 0 Å². The van der Waals surface area contributed by atoms with Gasteiger partial charge in [-0.2, -0.15) is 0 Å². The van der Waals surface area contributed by atoms with Crippen molar-refractivity contribution < 1.29 is 0 Å². The molecule has 0 aromatic heterocycles. The molecule has 1 aliphatic rings. The number of unbranched alkanes of at least 4 members (excludes halogenated alkanes) is 4. The van der Waals surface area contributed by atoms with Crippen LogP contribution in [0.2, 0.25) is 0 Å². The zero-order chi connectivity index (χ0) is 9.36. The predicted octanol–water partition coefficient (Wildman–Crippen LogP) is 3.27. The van der Waals surface area contributed by atoms with E-state index < -0.39 is 0 Å². The van der Waals surface area contributed by atoms with E-state index in [-0.39, 0.29) is 0 Å². The number of hydrogen-bond donors (Lipinski definition) is 1. The Hall–Kier alpha value is -0.300. The molecule has 0 fully saturated rings. The second-order valence-corrected chi connectivity index (χ2v) is 3.98. The van der Waals surface area contributed by atoms with Gasteiger partial charge < -0.3 is 5.32 Å². The Morgan fingerprint density at radius 2 is 2.08 bits per heavy atom. The third-order valence-electron chi connectivity index (χ3n) is 2.76. The molecule has 0 aliphatic carbocycles. The molecule has 0 aromatic rings. The highest BCUT2D eigenvalue weighted by Gasteiger charge is 2.01. The van der Waals surface area contributed by atoms with Gasteiger partial charge in [0.25, 0.3) is 0 Å². The standard InChI is InChI=1S/C12H23N/c1-2-3-4-5-6-7-12-8-10-13-11-9-12/h8,13H,2-7,9-11H2,1H3. The molecule has 1 N–H and O–H groups in total. The van der Waals surface area contributed by atoms with E-state index in [1.807, 2.05) is 0 Å². The zero-order valence-electron chi connectivity index (χ0n) is 8.94. The monoisotopic (exact) mass is 181 g/mol. The molecule has 0 saturated carbocycles. The van der Waals surface area contributed by atoms with Gasteiger partial charge in [0, 0.05) is 6.54 Å². The molecule has 1 rings (SSSR count). The minimum Gasteiger partial charge on any atom is -0.313 e. The van der Waals surface area contributed by atoms with Crippen LogP contribution in [-0.4, -0.2) is 13.1 Å². The molecule has 0 aromatic carbocycles. The van der Waals surface area contributed by atoms with Gasteiger partial charge in [0.1, 0.15) is 0 Å². The Labute approximate surface area is 82.6 Å². The summed E-state index contributed by atoms with van der Waals surface area (Å²) in [4.78, 5) is 0. The Kier molecular flexibility index (Phi) is 5.92. The highest BCUT2D eigenvalue weighted by Crippen LogP contribution is 2.14. The van der Waals surface area contributed by atoms with Gasteiger partial charge in [0.05, 0.1) is 0 Å². The quantitative estimate of drug-likeness (QED) is 0.490. The van der Waals surface area contributed by atoms with Crippen LogP contribution >= 0.6 is 0 Å². The Bertz CT molecular complexity index is 149. The van der Waals surface area contributed by atoms with Crippen molar-refractivity contribution in [1.29, 1.82) is 0 Å². The van der Waals surface area contributed by atoms with Gasteiger partial charge in [0.15, 0.2) is 0 Å². The fraction of sp³-hybridized carbons (Fsp3) is 0.833. The maximum absolute atomic E-state index is 3.35. The molecule has 13 heavy (non-hydrogen) atoms. The SMILES string of the molecule is CCCCCCCC1=CCNCC1. The lowest BCUT2D eigenvalue weighted by Crippen LogP contribution is -2.20. The average molecular weight is 181 g/mol. The van der Waals surface area contributed by atoms with Crippen LogP contribution in [0.1, 0.15) is 51.9 Å². The number of hydrogen-bond acceptors (Lipinski definition) is 1. The summed E-state index contributed by atoms with van der Waals surface area (Å²) in [5.41, 5.74) is 1.69. The van der Waals surface area contributed by atoms with Crippen molar-refractivity contribution in [3.8, 4) is 0 Å². The summed E-state index contributed by atoms with van der Waals surface area (Å²) in [7, 11) is 0. The van der Waals surface area contributed by atoms with Crippen LogP contribution in [0.25, 0.3) is 0 Å². The van der Waals surface area contributed by atoms with E-state index in [1.54, 1.807) is 5.57 Å². The van der Waals surface area contributed by atoms with Crippen molar-refractivity contribution >= 4 is 0 Å². The van der Waals surface area contributed by atoms with Crippen molar-refractivity contribution in [3.05, 3.63) is 11.6 Å². The van der Waals surface area contributed by atoms with E-state index in [1.165, 1.54) is 51.5 Å². The summed E-state index contributed by atoms with van der Waals surface area (Å²) >= 11 is 0. The molecule has 0 atom stereocenters. The molecule has 0 bridgehead atoms. The molecule has 0 radical (unpaired) electrons. The molecule has 0 unspecified atom stereocenters. The lowest BCUT2D eigenvalue weighted by Gasteiger charge is -2.13. The zero-order valence-corrected chi connectivity index (χ0v) is 8.94. The fourth-order valence-electron chi connectivity index (χ4n) is 1.85. The molecule has 0 spiro atoms. The van der Waals surface area contributed by atoms with Crippen molar-refractivity contribution in [3.63, 3.8) is 0 Å². The molecule has 76 valence electrons. The van der Waals surface area contributed by atoms with Crippen LogP contribution in [0.4, 0.5) is 0 Å². The van der Waals surface area contributed by atoms with Crippen LogP contribution in [0, 0.1) is 0 Å². The molecule has 1 nitrogen and oxygen atoms in total. The molecule has 1 heteroatoms. The summed E-state index contributed by atoms with van der Waals surface area (Å²) < 4.78 is 0. The summed E-state index contributed by atoms with van der Waals surface area (Å²) in [6.45, 7) is 4.57. The maximum Gasteiger partial charge on any atom is 0.0137 e. The van der Waals surface area contributed by atoms with Gasteiger partial charge in [-0.1, -0.05) is 44.3 Å². The van der Waals surface area contributed by atoms with Gasteiger partial charge in [-0.15, -0.1) is 0 Å². The predicted molar refractivity (Wildman–Crippen MR) is 58.9 cm³/mol. The fourth-order valence-corrected chi connectivity index (χ4v) is 1.85. The van der Waals surface area contributed by atoms with E-state index in [4.69, 9.17) is 0 Å². The van der Waals surface area contributed by atoms with Gasteiger partial charge in [-0.05, 0) is 25.8 Å². The van der Waals surface area contributed by atoms with Gasteiger partial charge in [-0.25, -0.2) is 0 Å². The van der Waals surface area contributed by atoms with E-state index in [9.17, 15) is 0 Å². The first-order valence-corrected chi connectivity index (χ1v) is 5.82. The van der Waals surface area contributed by atoms with E-state index in [0.717, 1.165) is 6.54 Å². The highest BCUT2D eigenvalue weighted by atomic mass is 14.8. The first-order chi connectivity index (χ1) is 6.43. The van der Waals surface area contributed by atoms with Gasteiger partial charge >= 0.3 is 0 Å². The van der Waals surface area contributed by atoms with Crippen LogP contribution in [0.15, 0.2) is 11.6 Å². The van der Waals surface area contributed by atoms with Crippen LogP contribution in [0.3, 0.4) is 0 Å². The third-order valence-corrected chi connectivity index (χ3v) is 2.76. The van der Waals surface area contributed by atoms with E-state index in [2.05, 4.69) is 18.3 Å². The Balaban J connectivity index is 1.95. The van der Waals surface area contributed by atoms with Crippen molar-refractivity contribution in [2.24, 2.45) is 0 Å². The average Bonchev–Trinajstić information content (AvgIpc) is 2.19. The Morgan fingerprint density at radius 1 is 1.23 bits per heavy atom. The van der Waals surface area contributed by atoms with E-state index >= 15 is 0 Å². The molecule has 1 heterocycles.